The largest absolute Gasteiger partial charge is 0.375 e. The van der Waals surface area contributed by atoms with Gasteiger partial charge in [-0.05, 0) is 38.0 Å². The fraction of sp³-hybridized carbons (Fsp3) is 0.867. The molecule has 0 bridgehead atoms. The molecule has 1 spiro atoms. The first kappa shape index (κ1) is 13.9. The summed E-state index contributed by atoms with van der Waals surface area (Å²) < 4.78 is 4.91. The monoisotopic (exact) mass is 280 g/mol. The van der Waals surface area contributed by atoms with E-state index in [-0.39, 0.29) is 17.9 Å². The Kier molecular flexibility index (Phi) is 3.71. The van der Waals surface area contributed by atoms with Gasteiger partial charge in [-0.1, -0.05) is 0 Å². The second kappa shape index (κ2) is 5.35. The molecule has 0 aromatic heterocycles. The molecule has 1 saturated carbocycles. The first-order valence-electron chi connectivity index (χ1n) is 7.71. The van der Waals surface area contributed by atoms with Gasteiger partial charge >= 0.3 is 0 Å². The van der Waals surface area contributed by atoms with Crippen molar-refractivity contribution in [3.63, 3.8) is 0 Å². The maximum Gasteiger partial charge on any atom is 0.248 e. The van der Waals surface area contributed by atoms with E-state index in [1.807, 2.05) is 4.90 Å². The molecule has 2 amide bonds. The van der Waals surface area contributed by atoms with Gasteiger partial charge in [0.2, 0.25) is 11.8 Å². The lowest BCUT2D eigenvalue weighted by Gasteiger charge is -2.39. The Bertz CT molecular complexity index is 408. The molecule has 20 heavy (non-hydrogen) atoms. The third-order valence-corrected chi connectivity index (χ3v) is 4.97. The smallest absolute Gasteiger partial charge is 0.248 e. The van der Waals surface area contributed by atoms with Crippen LogP contribution in [0.15, 0.2) is 0 Å². The molecule has 0 radical (unpaired) electrons. The van der Waals surface area contributed by atoms with Crippen LogP contribution in [0.4, 0.5) is 0 Å². The van der Waals surface area contributed by atoms with Crippen molar-refractivity contribution < 1.29 is 14.3 Å². The van der Waals surface area contributed by atoms with E-state index in [1.165, 1.54) is 20.0 Å². The van der Waals surface area contributed by atoms with Gasteiger partial charge in [0.25, 0.3) is 0 Å². The standard InChI is InChI=1S/C15H24N2O3/c1-20-10-13(18)17-8-6-15(11-17)5-2-7-16(14(15)19)9-12-3-4-12/h12H,2-11H2,1H3/t15-/m0/s1. The molecule has 0 aromatic rings. The number of rotatable bonds is 4. The fourth-order valence-electron chi connectivity index (χ4n) is 3.62. The zero-order valence-electron chi connectivity index (χ0n) is 12.3. The first-order valence-corrected chi connectivity index (χ1v) is 7.71. The highest BCUT2D eigenvalue weighted by molar-refractivity contribution is 5.86. The van der Waals surface area contributed by atoms with Crippen LogP contribution in [0.3, 0.4) is 0 Å². The molecule has 2 saturated heterocycles. The van der Waals surface area contributed by atoms with Gasteiger partial charge in [-0.15, -0.1) is 0 Å². The summed E-state index contributed by atoms with van der Waals surface area (Å²) in [5.41, 5.74) is -0.295. The van der Waals surface area contributed by atoms with Gasteiger partial charge < -0.3 is 14.5 Å². The van der Waals surface area contributed by atoms with E-state index in [9.17, 15) is 9.59 Å². The van der Waals surface area contributed by atoms with Gasteiger partial charge in [-0.25, -0.2) is 0 Å². The molecule has 5 heteroatoms. The Morgan fingerprint density at radius 3 is 2.85 bits per heavy atom. The summed E-state index contributed by atoms with van der Waals surface area (Å²) in [6.07, 6.45) is 5.38. The van der Waals surface area contributed by atoms with Gasteiger partial charge in [0, 0.05) is 33.3 Å². The molecular weight excluding hydrogens is 256 g/mol. The summed E-state index contributed by atoms with van der Waals surface area (Å²) >= 11 is 0. The second-order valence-electron chi connectivity index (χ2n) is 6.58. The average Bonchev–Trinajstić information content (AvgIpc) is 3.14. The molecule has 1 aliphatic carbocycles. The van der Waals surface area contributed by atoms with Gasteiger partial charge in [0.05, 0.1) is 5.41 Å². The number of carbonyl (C=O) groups is 2. The average molecular weight is 280 g/mol. The molecule has 3 aliphatic rings. The van der Waals surface area contributed by atoms with E-state index in [0.29, 0.717) is 19.0 Å². The van der Waals surface area contributed by atoms with E-state index < -0.39 is 0 Å². The molecular formula is C15H24N2O3. The zero-order chi connectivity index (χ0) is 14.2. The van der Waals surface area contributed by atoms with E-state index in [2.05, 4.69) is 4.90 Å². The molecule has 0 unspecified atom stereocenters. The summed E-state index contributed by atoms with van der Waals surface area (Å²) in [7, 11) is 1.53. The van der Waals surface area contributed by atoms with Crippen LogP contribution in [0.25, 0.3) is 0 Å². The maximum atomic E-state index is 12.8. The predicted molar refractivity (Wildman–Crippen MR) is 74.0 cm³/mol. The minimum Gasteiger partial charge on any atom is -0.375 e. The van der Waals surface area contributed by atoms with Crippen molar-refractivity contribution >= 4 is 11.8 Å². The minimum atomic E-state index is -0.295. The number of hydrogen-bond acceptors (Lipinski definition) is 3. The quantitative estimate of drug-likeness (QED) is 0.768. The molecule has 0 aromatic carbocycles. The van der Waals surface area contributed by atoms with Crippen molar-refractivity contribution in [2.75, 3.05) is 39.9 Å². The molecule has 2 heterocycles. The number of hydrogen-bond donors (Lipinski definition) is 0. The van der Waals surface area contributed by atoms with Crippen molar-refractivity contribution in [2.24, 2.45) is 11.3 Å². The van der Waals surface area contributed by atoms with E-state index >= 15 is 0 Å². The van der Waals surface area contributed by atoms with Crippen molar-refractivity contribution in [3.8, 4) is 0 Å². The third-order valence-electron chi connectivity index (χ3n) is 4.97. The molecule has 2 aliphatic heterocycles. The van der Waals surface area contributed by atoms with Gasteiger partial charge in [0.15, 0.2) is 0 Å². The van der Waals surface area contributed by atoms with Crippen LogP contribution in [-0.4, -0.2) is 61.5 Å². The number of piperidine rings is 1. The van der Waals surface area contributed by atoms with Crippen LogP contribution in [-0.2, 0) is 14.3 Å². The lowest BCUT2D eigenvalue weighted by atomic mass is 9.78. The maximum absolute atomic E-state index is 12.8. The van der Waals surface area contributed by atoms with Gasteiger partial charge in [-0.2, -0.15) is 0 Å². The van der Waals surface area contributed by atoms with Crippen LogP contribution >= 0.6 is 0 Å². The Labute approximate surface area is 120 Å². The van der Waals surface area contributed by atoms with Crippen LogP contribution in [0, 0.1) is 11.3 Å². The third kappa shape index (κ3) is 2.55. The zero-order valence-corrected chi connectivity index (χ0v) is 12.3. The Hall–Kier alpha value is -1.10. The van der Waals surface area contributed by atoms with Crippen LogP contribution in [0.5, 0.6) is 0 Å². The highest BCUT2D eigenvalue weighted by Crippen LogP contribution is 2.41. The van der Waals surface area contributed by atoms with E-state index in [4.69, 9.17) is 4.74 Å². The number of ether oxygens (including phenoxy) is 1. The number of amides is 2. The molecule has 3 rings (SSSR count). The topological polar surface area (TPSA) is 49.9 Å². The lowest BCUT2D eigenvalue weighted by Crippen LogP contribution is -2.51. The fourth-order valence-corrected chi connectivity index (χ4v) is 3.62. The summed E-state index contributed by atoms with van der Waals surface area (Å²) in [4.78, 5) is 28.6. The van der Waals surface area contributed by atoms with Crippen LogP contribution < -0.4 is 0 Å². The summed E-state index contributed by atoms with van der Waals surface area (Å²) in [6, 6.07) is 0. The Balaban J connectivity index is 1.65. The lowest BCUT2D eigenvalue weighted by molar-refractivity contribution is -0.146. The highest BCUT2D eigenvalue weighted by atomic mass is 16.5. The van der Waals surface area contributed by atoms with E-state index in [1.54, 1.807) is 0 Å². The second-order valence-corrected chi connectivity index (χ2v) is 6.58. The molecule has 112 valence electrons. The minimum absolute atomic E-state index is 0.0106. The predicted octanol–water partition coefficient (Wildman–Crippen LogP) is 0.884. The summed E-state index contributed by atoms with van der Waals surface area (Å²) in [5.74, 6) is 1.04. The van der Waals surface area contributed by atoms with Crippen molar-refractivity contribution in [1.29, 1.82) is 0 Å². The van der Waals surface area contributed by atoms with Crippen LogP contribution in [0.1, 0.15) is 32.1 Å². The van der Waals surface area contributed by atoms with Gasteiger partial charge in [0.1, 0.15) is 6.61 Å². The van der Waals surface area contributed by atoms with Crippen molar-refractivity contribution in [3.05, 3.63) is 0 Å². The number of nitrogens with zero attached hydrogens (tertiary/aromatic N) is 2. The number of methoxy groups -OCH3 is 1. The highest BCUT2D eigenvalue weighted by Gasteiger charge is 2.49. The Morgan fingerprint density at radius 2 is 2.15 bits per heavy atom. The van der Waals surface area contributed by atoms with E-state index in [0.717, 1.165) is 38.3 Å². The molecule has 0 N–H and O–H groups in total. The van der Waals surface area contributed by atoms with Crippen LogP contribution in [0.2, 0.25) is 0 Å². The Morgan fingerprint density at radius 1 is 1.35 bits per heavy atom. The van der Waals surface area contributed by atoms with Gasteiger partial charge in [-0.3, -0.25) is 9.59 Å². The molecule has 5 nitrogen and oxygen atoms in total. The molecule has 1 atom stereocenters. The summed E-state index contributed by atoms with van der Waals surface area (Å²) in [5, 5.41) is 0. The van der Waals surface area contributed by atoms with Crippen molar-refractivity contribution in [2.45, 2.75) is 32.1 Å². The number of likely N-dealkylation sites (tertiary alicyclic amines) is 2. The first-order chi connectivity index (χ1) is 9.64. The SMILES string of the molecule is COCC(=O)N1CC[C@@]2(CCCN(CC3CC3)C2=O)C1. The van der Waals surface area contributed by atoms with Crippen molar-refractivity contribution in [1.82, 2.24) is 9.80 Å². The normalized spacial score (nSPS) is 30.4. The summed E-state index contributed by atoms with van der Waals surface area (Å²) in [6.45, 7) is 3.26. The molecule has 3 fully saturated rings. The number of carbonyl (C=O) groups excluding carboxylic acids is 2.